The fourth-order valence-electron chi connectivity index (χ4n) is 4.42. The molecule has 4 heterocycles. The van der Waals surface area contributed by atoms with E-state index in [2.05, 4.69) is 33.4 Å². The van der Waals surface area contributed by atoms with Crippen LogP contribution in [-0.4, -0.2) is 41.7 Å². The minimum Gasteiger partial charge on any atom is -0.496 e. The van der Waals surface area contributed by atoms with E-state index in [0.29, 0.717) is 13.2 Å². The first-order valence-electron chi connectivity index (χ1n) is 11.1. The summed E-state index contributed by atoms with van der Waals surface area (Å²) in [7, 11) is 1.70. The Kier molecular flexibility index (Phi) is 5.81. The highest BCUT2D eigenvalue weighted by atomic mass is 16.6. The van der Waals surface area contributed by atoms with Crippen molar-refractivity contribution in [2.75, 3.05) is 32.2 Å². The van der Waals surface area contributed by atoms with Gasteiger partial charge in [-0.2, -0.15) is 0 Å². The molecule has 5 rings (SSSR count). The zero-order valence-electron chi connectivity index (χ0n) is 18.5. The van der Waals surface area contributed by atoms with Crippen LogP contribution in [0.1, 0.15) is 35.7 Å². The lowest BCUT2D eigenvalue weighted by atomic mass is 10.1. The minimum absolute atomic E-state index is 0.276. The molecular formula is C25H28N4O3. The van der Waals surface area contributed by atoms with Crippen LogP contribution in [-0.2, 0) is 6.54 Å². The first-order valence-corrected chi connectivity index (χ1v) is 11.1. The number of pyridine rings is 2. The van der Waals surface area contributed by atoms with E-state index in [0.717, 1.165) is 71.5 Å². The number of nitrogens with zero attached hydrogens (tertiary/aromatic N) is 3. The van der Waals surface area contributed by atoms with E-state index in [4.69, 9.17) is 19.2 Å². The molecule has 1 N–H and O–H groups in total. The van der Waals surface area contributed by atoms with E-state index in [1.165, 1.54) is 0 Å². The summed E-state index contributed by atoms with van der Waals surface area (Å²) in [4.78, 5) is 11.6. The van der Waals surface area contributed by atoms with Crippen molar-refractivity contribution in [1.29, 1.82) is 0 Å². The van der Waals surface area contributed by atoms with Gasteiger partial charge in [-0.1, -0.05) is 6.07 Å². The average molecular weight is 433 g/mol. The van der Waals surface area contributed by atoms with E-state index >= 15 is 0 Å². The average Bonchev–Trinajstić information content (AvgIpc) is 3.29. The summed E-state index contributed by atoms with van der Waals surface area (Å²) in [5.74, 6) is 3.23. The van der Waals surface area contributed by atoms with E-state index in [-0.39, 0.29) is 6.04 Å². The SMILES string of the molecule is COc1cc2c(cc1CN1CCC[C@H]1c1ccc(Nc3ncccc3C)cn1)OCCO2. The summed E-state index contributed by atoms with van der Waals surface area (Å²) in [5, 5.41) is 3.36. The lowest BCUT2D eigenvalue weighted by molar-refractivity contribution is 0.169. The Morgan fingerprint density at radius 1 is 1.12 bits per heavy atom. The molecule has 0 radical (unpaired) electrons. The van der Waals surface area contributed by atoms with Gasteiger partial charge in [0.05, 0.1) is 30.7 Å². The number of hydrogen-bond donors (Lipinski definition) is 1. The molecule has 1 atom stereocenters. The lowest BCUT2D eigenvalue weighted by Gasteiger charge is -2.26. The molecule has 7 heteroatoms. The van der Waals surface area contributed by atoms with Crippen LogP contribution in [0.25, 0.3) is 0 Å². The molecule has 0 unspecified atom stereocenters. The van der Waals surface area contributed by atoms with Gasteiger partial charge in [-0.25, -0.2) is 4.98 Å². The second-order valence-corrected chi connectivity index (χ2v) is 8.20. The number of ether oxygens (including phenoxy) is 3. The first kappa shape index (κ1) is 20.6. The van der Waals surface area contributed by atoms with Gasteiger partial charge in [0.2, 0.25) is 0 Å². The number of aromatic nitrogens is 2. The van der Waals surface area contributed by atoms with E-state index in [9.17, 15) is 0 Å². The van der Waals surface area contributed by atoms with Crippen LogP contribution in [0.4, 0.5) is 11.5 Å². The Morgan fingerprint density at radius 3 is 2.72 bits per heavy atom. The zero-order chi connectivity index (χ0) is 21.9. The van der Waals surface area contributed by atoms with Crippen molar-refractivity contribution >= 4 is 11.5 Å². The van der Waals surface area contributed by atoms with Crippen molar-refractivity contribution in [2.24, 2.45) is 0 Å². The van der Waals surface area contributed by atoms with Gasteiger partial charge in [0.25, 0.3) is 0 Å². The number of rotatable bonds is 6. The molecule has 2 aromatic heterocycles. The Balaban J connectivity index is 1.32. The number of fused-ring (bicyclic) bond motifs is 1. The highest BCUT2D eigenvalue weighted by Gasteiger charge is 2.28. The predicted molar refractivity (Wildman–Crippen MR) is 123 cm³/mol. The second kappa shape index (κ2) is 9.04. The third kappa shape index (κ3) is 4.21. The number of likely N-dealkylation sites (tertiary alicyclic amines) is 1. The van der Waals surface area contributed by atoms with Crippen molar-refractivity contribution in [3.8, 4) is 17.2 Å². The molecule has 3 aromatic rings. The van der Waals surface area contributed by atoms with Crippen LogP contribution in [0.15, 0.2) is 48.8 Å². The molecule has 1 aromatic carbocycles. The molecule has 0 bridgehead atoms. The normalized spacial score (nSPS) is 17.9. The van der Waals surface area contributed by atoms with Crippen molar-refractivity contribution in [3.05, 3.63) is 65.6 Å². The molecule has 0 spiro atoms. The van der Waals surface area contributed by atoms with Gasteiger partial charge in [-0.3, -0.25) is 9.88 Å². The summed E-state index contributed by atoms with van der Waals surface area (Å²) >= 11 is 0. The molecule has 166 valence electrons. The monoisotopic (exact) mass is 432 g/mol. The summed E-state index contributed by atoms with van der Waals surface area (Å²) < 4.78 is 17.1. The highest BCUT2D eigenvalue weighted by Crippen LogP contribution is 2.39. The number of methoxy groups -OCH3 is 1. The summed E-state index contributed by atoms with van der Waals surface area (Å²) in [6.45, 7) is 4.99. The van der Waals surface area contributed by atoms with Crippen molar-refractivity contribution < 1.29 is 14.2 Å². The van der Waals surface area contributed by atoms with Crippen molar-refractivity contribution in [1.82, 2.24) is 14.9 Å². The summed E-state index contributed by atoms with van der Waals surface area (Å²) in [6.07, 6.45) is 5.92. The number of aryl methyl sites for hydroxylation is 1. The third-order valence-electron chi connectivity index (χ3n) is 6.08. The Labute approximate surface area is 188 Å². The van der Waals surface area contributed by atoms with Gasteiger partial charge >= 0.3 is 0 Å². The fraction of sp³-hybridized carbons (Fsp3) is 0.360. The van der Waals surface area contributed by atoms with Crippen molar-refractivity contribution in [2.45, 2.75) is 32.4 Å². The Bertz CT molecular complexity index is 1090. The molecular weight excluding hydrogens is 404 g/mol. The summed E-state index contributed by atoms with van der Waals surface area (Å²) in [5.41, 5.74) is 4.23. The van der Waals surface area contributed by atoms with Crippen LogP contribution in [0, 0.1) is 6.92 Å². The smallest absolute Gasteiger partial charge is 0.165 e. The fourth-order valence-corrected chi connectivity index (χ4v) is 4.42. The molecule has 1 fully saturated rings. The van der Waals surface area contributed by atoms with Crippen LogP contribution in [0.2, 0.25) is 0 Å². The number of hydrogen-bond acceptors (Lipinski definition) is 7. The second-order valence-electron chi connectivity index (χ2n) is 8.20. The molecule has 7 nitrogen and oxygen atoms in total. The molecule has 0 amide bonds. The third-order valence-corrected chi connectivity index (χ3v) is 6.08. The molecule has 2 aliphatic rings. The number of nitrogens with one attached hydrogen (secondary N) is 1. The van der Waals surface area contributed by atoms with Gasteiger partial charge in [0.1, 0.15) is 24.8 Å². The maximum atomic E-state index is 5.79. The molecule has 1 saturated heterocycles. The molecule has 0 saturated carbocycles. The van der Waals surface area contributed by atoms with Gasteiger partial charge in [-0.05, 0) is 56.1 Å². The van der Waals surface area contributed by atoms with Crippen molar-refractivity contribution in [3.63, 3.8) is 0 Å². The maximum Gasteiger partial charge on any atom is 0.165 e. The molecule has 32 heavy (non-hydrogen) atoms. The Hall–Kier alpha value is -3.32. The topological polar surface area (TPSA) is 68.7 Å². The van der Waals surface area contributed by atoms with Gasteiger partial charge in [0, 0.05) is 24.4 Å². The van der Waals surface area contributed by atoms with E-state index in [1.807, 2.05) is 31.3 Å². The van der Waals surface area contributed by atoms with Crippen LogP contribution in [0.3, 0.4) is 0 Å². The zero-order valence-corrected chi connectivity index (χ0v) is 18.5. The molecule has 2 aliphatic heterocycles. The van der Waals surface area contributed by atoms with Crippen LogP contribution >= 0.6 is 0 Å². The largest absolute Gasteiger partial charge is 0.496 e. The van der Waals surface area contributed by atoms with E-state index in [1.54, 1.807) is 13.3 Å². The van der Waals surface area contributed by atoms with Crippen LogP contribution in [0.5, 0.6) is 17.2 Å². The van der Waals surface area contributed by atoms with Gasteiger partial charge in [0.15, 0.2) is 11.5 Å². The quantitative estimate of drug-likeness (QED) is 0.608. The molecule has 0 aliphatic carbocycles. The van der Waals surface area contributed by atoms with Gasteiger partial charge in [-0.15, -0.1) is 0 Å². The van der Waals surface area contributed by atoms with Crippen LogP contribution < -0.4 is 19.5 Å². The van der Waals surface area contributed by atoms with E-state index < -0.39 is 0 Å². The minimum atomic E-state index is 0.276. The first-order chi connectivity index (χ1) is 15.7. The predicted octanol–water partition coefficient (Wildman–Crippen LogP) is 4.65. The number of anilines is 2. The van der Waals surface area contributed by atoms with Gasteiger partial charge < -0.3 is 19.5 Å². The lowest BCUT2D eigenvalue weighted by Crippen LogP contribution is -2.24. The standard InChI is InChI=1S/C25H28N4O3/c1-17-5-3-9-26-25(17)28-19-7-8-20(27-15-19)21-6-4-10-29(21)16-18-13-23-24(14-22(18)30-2)32-12-11-31-23/h3,5,7-9,13-15,21H,4,6,10-12,16H2,1-2H3,(H,26,28)/t21-/m0/s1. The summed E-state index contributed by atoms with van der Waals surface area (Å²) in [6, 6.07) is 12.4. The maximum absolute atomic E-state index is 5.79. The highest BCUT2D eigenvalue weighted by molar-refractivity contribution is 5.58. The Morgan fingerprint density at radius 2 is 1.97 bits per heavy atom. The number of benzene rings is 1.